The lowest BCUT2D eigenvalue weighted by Gasteiger charge is -2.29. The molecular weight excluding hydrogens is 471 g/mol. The van der Waals surface area contributed by atoms with Crippen molar-refractivity contribution in [2.75, 3.05) is 32.8 Å². The van der Waals surface area contributed by atoms with Crippen molar-refractivity contribution in [3.05, 3.63) is 0 Å². The minimum absolute atomic E-state index is 0.0804. The summed E-state index contributed by atoms with van der Waals surface area (Å²) in [6.45, 7) is 2.84. The van der Waals surface area contributed by atoms with Crippen LogP contribution in [0.25, 0.3) is 0 Å². The number of aliphatic carboxylic acids is 1. The van der Waals surface area contributed by atoms with Crippen LogP contribution in [0.1, 0.15) is 12.8 Å². The molecule has 3 fully saturated rings. The maximum atomic E-state index is 12.3. The van der Waals surface area contributed by atoms with Crippen molar-refractivity contribution in [3.63, 3.8) is 0 Å². The quantitative estimate of drug-likeness (QED) is 0.208. The molecule has 2 bridgehead atoms. The predicted octanol–water partition coefficient (Wildman–Crippen LogP) is -1.77. The number of carboxylic acids is 1. The third-order valence-electron chi connectivity index (χ3n) is 4.63. The first-order chi connectivity index (χ1) is 14.8. The second-order valence-electron chi connectivity index (χ2n) is 6.95. The van der Waals surface area contributed by atoms with Gasteiger partial charge in [0.05, 0.1) is 12.6 Å². The minimum Gasteiger partial charge on any atom is -0.475 e. The molecule has 32 heavy (non-hydrogen) atoms. The van der Waals surface area contributed by atoms with E-state index in [9.17, 15) is 31.2 Å². The van der Waals surface area contributed by atoms with Gasteiger partial charge in [-0.15, -0.1) is 4.28 Å². The Bertz CT molecular complexity index is 806. The zero-order valence-corrected chi connectivity index (χ0v) is 17.2. The Kier molecular flexibility index (Phi) is 8.60. The number of hydrogen-bond acceptors (Lipinski definition) is 9. The number of halogens is 3. The van der Waals surface area contributed by atoms with E-state index < -0.39 is 46.6 Å². The lowest BCUT2D eigenvalue weighted by molar-refractivity contribution is -0.192. The first-order valence-electron chi connectivity index (χ1n) is 9.22. The monoisotopic (exact) mass is 493 g/mol. The van der Waals surface area contributed by atoms with Crippen LogP contribution < -0.4 is 16.1 Å². The molecule has 0 radical (unpaired) electrons. The van der Waals surface area contributed by atoms with Gasteiger partial charge in [0, 0.05) is 32.2 Å². The fourth-order valence-electron chi connectivity index (χ4n) is 3.22. The molecule has 3 heterocycles. The van der Waals surface area contributed by atoms with E-state index >= 15 is 0 Å². The van der Waals surface area contributed by atoms with E-state index in [2.05, 4.69) is 20.4 Å². The number of carboxylic acid groups (broad SMARTS) is 1. The lowest BCUT2D eigenvalue weighted by Crippen LogP contribution is -2.53. The Balaban J connectivity index is 0.000000451. The van der Waals surface area contributed by atoms with Crippen LogP contribution in [-0.4, -0.2) is 103 Å². The second-order valence-corrected chi connectivity index (χ2v) is 7.95. The van der Waals surface area contributed by atoms with Gasteiger partial charge in [-0.1, -0.05) is 0 Å². The maximum Gasteiger partial charge on any atom is 0.490 e. The summed E-state index contributed by atoms with van der Waals surface area (Å²) in [7, 11) is -4.80. The molecule has 18 heteroatoms. The molecule has 0 saturated carbocycles. The Morgan fingerprint density at radius 2 is 1.91 bits per heavy atom. The SMILES string of the molecule is O=C(NOC[C@@H]1CNCCN1)[C@@H]1CC[C@@H]2CN1C(=O)N2OS(=O)(=O)O.O=C(O)C(F)(F)F. The van der Waals surface area contributed by atoms with Crippen molar-refractivity contribution in [1.29, 1.82) is 0 Å². The van der Waals surface area contributed by atoms with Gasteiger partial charge in [0.25, 0.3) is 5.91 Å². The lowest BCUT2D eigenvalue weighted by atomic mass is 10.0. The Morgan fingerprint density at radius 3 is 2.44 bits per heavy atom. The van der Waals surface area contributed by atoms with Crippen LogP contribution in [-0.2, 0) is 29.1 Å². The van der Waals surface area contributed by atoms with Crippen molar-refractivity contribution < 1.29 is 54.8 Å². The number of hydroxylamine groups is 3. The molecule has 3 saturated heterocycles. The van der Waals surface area contributed by atoms with Gasteiger partial charge in [0.1, 0.15) is 6.04 Å². The third kappa shape index (κ3) is 7.41. The molecule has 3 aliphatic rings. The first kappa shape index (κ1) is 26.0. The Hall–Kier alpha value is -2.25. The highest BCUT2D eigenvalue weighted by atomic mass is 32.3. The van der Waals surface area contributed by atoms with E-state index in [1.54, 1.807) is 0 Å². The highest BCUT2D eigenvalue weighted by Crippen LogP contribution is 2.30. The highest BCUT2D eigenvalue weighted by molar-refractivity contribution is 7.80. The van der Waals surface area contributed by atoms with Gasteiger partial charge in [-0.2, -0.15) is 26.7 Å². The summed E-state index contributed by atoms with van der Waals surface area (Å²) in [6.07, 6.45) is -4.38. The van der Waals surface area contributed by atoms with E-state index in [0.717, 1.165) is 19.6 Å². The average molecular weight is 493 g/mol. The number of fused-ring (bicyclic) bond motifs is 2. The number of piperidine rings is 1. The topological polar surface area (TPSA) is 187 Å². The van der Waals surface area contributed by atoms with Gasteiger partial charge < -0.3 is 20.6 Å². The summed E-state index contributed by atoms with van der Waals surface area (Å²) in [5, 5.41) is 14.1. The Morgan fingerprint density at radius 1 is 1.25 bits per heavy atom. The minimum atomic E-state index is -5.08. The van der Waals surface area contributed by atoms with Crippen LogP contribution in [0.5, 0.6) is 0 Å². The van der Waals surface area contributed by atoms with Gasteiger partial charge >= 0.3 is 28.6 Å². The summed E-state index contributed by atoms with van der Waals surface area (Å²) in [5.74, 6) is -3.24. The molecule has 0 aromatic carbocycles. The number of alkyl halides is 3. The number of nitrogens with one attached hydrogen (secondary N) is 3. The normalized spacial score (nSPS) is 25.8. The van der Waals surface area contributed by atoms with Crippen molar-refractivity contribution in [3.8, 4) is 0 Å². The van der Waals surface area contributed by atoms with Crippen LogP contribution in [0.15, 0.2) is 0 Å². The summed E-state index contributed by atoms with van der Waals surface area (Å²) in [6, 6.07) is -2.01. The fraction of sp³-hybridized carbons (Fsp3) is 0.786. The van der Waals surface area contributed by atoms with E-state index in [-0.39, 0.29) is 19.2 Å². The molecule has 0 aliphatic carbocycles. The van der Waals surface area contributed by atoms with Crippen molar-refractivity contribution >= 4 is 28.3 Å². The number of nitrogens with zero attached hydrogens (tertiary/aromatic N) is 2. The number of amides is 3. The molecule has 3 atom stereocenters. The zero-order chi connectivity index (χ0) is 24.1. The molecule has 3 aliphatic heterocycles. The van der Waals surface area contributed by atoms with Crippen LogP contribution in [0.4, 0.5) is 18.0 Å². The third-order valence-corrected chi connectivity index (χ3v) is 4.97. The zero-order valence-electron chi connectivity index (χ0n) is 16.4. The summed E-state index contributed by atoms with van der Waals surface area (Å²) >= 11 is 0. The predicted molar refractivity (Wildman–Crippen MR) is 95.8 cm³/mol. The molecule has 5 N–H and O–H groups in total. The van der Waals surface area contributed by atoms with Crippen molar-refractivity contribution in [1.82, 2.24) is 26.1 Å². The molecule has 0 unspecified atom stereocenters. The van der Waals surface area contributed by atoms with Crippen molar-refractivity contribution in [2.24, 2.45) is 0 Å². The molecule has 0 spiro atoms. The van der Waals surface area contributed by atoms with Crippen LogP contribution in [0.3, 0.4) is 0 Å². The summed E-state index contributed by atoms with van der Waals surface area (Å²) in [5.41, 5.74) is 2.34. The Labute approximate surface area is 179 Å². The molecule has 3 amide bonds. The number of carbonyl (C=O) groups excluding carboxylic acids is 2. The molecule has 3 rings (SSSR count). The summed E-state index contributed by atoms with van der Waals surface area (Å²) < 4.78 is 66.5. The first-order valence-corrected chi connectivity index (χ1v) is 10.6. The highest BCUT2D eigenvalue weighted by Gasteiger charge is 2.49. The van der Waals surface area contributed by atoms with Gasteiger partial charge in [-0.25, -0.2) is 15.1 Å². The molecule has 0 aromatic rings. The largest absolute Gasteiger partial charge is 0.490 e. The van der Waals surface area contributed by atoms with Gasteiger partial charge in [-0.3, -0.25) is 14.2 Å². The number of rotatable bonds is 6. The van der Waals surface area contributed by atoms with Gasteiger partial charge in [-0.05, 0) is 12.8 Å². The molecule has 14 nitrogen and oxygen atoms in total. The van der Waals surface area contributed by atoms with Crippen LogP contribution in [0, 0.1) is 0 Å². The van der Waals surface area contributed by atoms with E-state index in [0.29, 0.717) is 17.9 Å². The maximum absolute atomic E-state index is 12.3. The molecule has 184 valence electrons. The summed E-state index contributed by atoms with van der Waals surface area (Å²) in [4.78, 5) is 39.8. The number of urea groups is 1. The average Bonchev–Trinajstić information content (AvgIpc) is 2.92. The smallest absolute Gasteiger partial charge is 0.475 e. The number of piperazine rings is 1. The van der Waals surface area contributed by atoms with E-state index in [1.165, 1.54) is 4.90 Å². The van der Waals surface area contributed by atoms with E-state index in [1.807, 2.05) is 0 Å². The standard InChI is InChI=1S/C12H21N5O7S.C2HF3O2/c18-11(15-23-7-8-5-13-3-4-14-8)10-2-1-9-6-16(10)12(19)17(9)24-25(20,21)22;3-2(4,5)1(6)7/h8-10,13-14H,1-7H2,(H,15,18)(H,20,21,22);(H,6,7)/t8-,9+,10-;/m0./s1. The molecular formula is C14H22F3N5O9S. The van der Waals surface area contributed by atoms with Gasteiger partial charge in [0.15, 0.2) is 0 Å². The second kappa shape index (κ2) is 10.6. The van der Waals surface area contributed by atoms with Crippen LogP contribution in [0.2, 0.25) is 0 Å². The van der Waals surface area contributed by atoms with E-state index in [4.69, 9.17) is 19.3 Å². The molecule has 0 aromatic heterocycles. The van der Waals surface area contributed by atoms with Crippen molar-refractivity contribution in [2.45, 2.75) is 37.1 Å². The van der Waals surface area contributed by atoms with Gasteiger partial charge in [0.2, 0.25) is 0 Å². The fourth-order valence-corrected chi connectivity index (χ4v) is 3.60. The van der Waals surface area contributed by atoms with Crippen LogP contribution >= 0.6 is 0 Å². The number of hydrogen-bond donors (Lipinski definition) is 5. The number of carbonyl (C=O) groups is 3.